The Hall–Kier alpha value is -0.530. The Bertz CT molecular complexity index is 155. The van der Waals surface area contributed by atoms with Gasteiger partial charge in [-0.05, 0) is 25.7 Å². The maximum absolute atomic E-state index is 11.2. The number of piperidine rings is 1. The van der Waals surface area contributed by atoms with Crippen molar-refractivity contribution in [2.75, 3.05) is 6.54 Å². The number of carbonyl (C=O) groups is 1. The van der Waals surface area contributed by atoms with Crippen LogP contribution in [0.1, 0.15) is 32.1 Å². The summed E-state index contributed by atoms with van der Waals surface area (Å²) in [6, 6.07) is 0.626. The van der Waals surface area contributed by atoms with Gasteiger partial charge in [0.1, 0.15) is 0 Å². The van der Waals surface area contributed by atoms with E-state index in [4.69, 9.17) is 0 Å². The molecule has 0 aromatic heterocycles. The number of fused-ring (bicyclic) bond motifs is 1. The van der Waals surface area contributed by atoms with Gasteiger partial charge < -0.3 is 4.90 Å². The third-order valence-corrected chi connectivity index (χ3v) is 2.63. The average Bonchev–Trinajstić information content (AvgIpc) is 2.36. The molecule has 2 aliphatic heterocycles. The summed E-state index contributed by atoms with van der Waals surface area (Å²) in [4.78, 5) is 13.3. The van der Waals surface area contributed by atoms with Crippen LogP contribution in [-0.4, -0.2) is 23.4 Å². The second-order valence-electron chi connectivity index (χ2n) is 3.28. The van der Waals surface area contributed by atoms with Gasteiger partial charge >= 0.3 is 0 Å². The predicted octanol–water partition coefficient (Wildman–Crippen LogP) is 1.16. The highest BCUT2D eigenvalue weighted by Gasteiger charge is 2.31. The van der Waals surface area contributed by atoms with Crippen LogP contribution in [0.2, 0.25) is 0 Å². The number of amides is 1. The van der Waals surface area contributed by atoms with Gasteiger partial charge in [-0.2, -0.15) is 0 Å². The fraction of sp³-hybridized carbons (Fsp3) is 0.875. The molecule has 1 atom stereocenters. The second-order valence-corrected chi connectivity index (χ2v) is 3.28. The molecular formula is C8H13NO. The van der Waals surface area contributed by atoms with Crippen molar-refractivity contribution in [3.63, 3.8) is 0 Å². The summed E-state index contributed by atoms with van der Waals surface area (Å²) >= 11 is 0. The first-order valence-electron chi connectivity index (χ1n) is 4.17. The molecule has 0 saturated carbocycles. The molecule has 10 heavy (non-hydrogen) atoms. The van der Waals surface area contributed by atoms with Gasteiger partial charge in [0.15, 0.2) is 0 Å². The molecule has 2 saturated heterocycles. The van der Waals surface area contributed by atoms with Crippen molar-refractivity contribution in [3.05, 3.63) is 0 Å². The van der Waals surface area contributed by atoms with Gasteiger partial charge in [0.05, 0.1) is 0 Å². The van der Waals surface area contributed by atoms with Crippen LogP contribution in [0.15, 0.2) is 0 Å². The van der Waals surface area contributed by atoms with Crippen LogP contribution in [0, 0.1) is 0 Å². The Kier molecular flexibility index (Phi) is 1.40. The van der Waals surface area contributed by atoms with Crippen LogP contribution >= 0.6 is 0 Å². The van der Waals surface area contributed by atoms with E-state index in [0.717, 1.165) is 19.4 Å². The highest BCUT2D eigenvalue weighted by molar-refractivity contribution is 5.77. The van der Waals surface area contributed by atoms with Crippen molar-refractivity contribution in [1.82, 2.24) is 4.90 Å². The molecule has 0 bridgehead atoms. The van der Waals surface area contributed by atoms with Crippen molar-refractivity contribution < 1.29 is 4.79 Å². The van der Waals surface area contributed by atoms with Gasteiger partial charge in [0.25, 0.3) is 0 Å². The highest BCUT2D eigenvalue weighted by atomic mass is 16.2. The van der Waals surface area contributed by atoms with Crippen LogP contribution in [0.25, 0.3) is 0 Å². The lowest BCUT2D eigenvalue weighted by Gasteiger charge is -2.29. The molecule has 2 nitrogen and oxygen atoms in total. The zero-order valence-corrected chi connectivity index (χ0v) is 6.18. The second kappa shape index (κ2) is 2.26. The standard InChI is InChI=1S/C8H13NO/c10-8-5-1-3-7-4-2-6-9(7)8/h7H,1-6H2/t7-/m1/s1. The van der Waals surface area contributed by atoms with E-state index in [9.17, 15) is 4.79 Å². The van der Waals surface area contributed by atoms with Gasteiger partial charge in [-0.25, -0.2) is 0 Å². The third kappa shape index (κ3) is 0.825. The maximum atomic E-state index is 11.2. The molecule has 1 amide bonds. The monoisotopic (exact) mass is 139 g/mol. The van der Waals surface area contributed by atoms with Crippen molar-refractivity contribution in [1.29, 1.82) is 0 Å². The SMILES string of the molecule is O=C1CCC[C@@H]2CCCN12. The lowest BCUT2D eigenvalue weighted by atomic mass is 10.0. The summed E-state index contributed by atoms with van der Waals surface area (Å²) < 4.78 is 0. The molecule has 0 aromatic carbocycles. The maximum Gasteiger partial charge on any atom is 0.222 e. The van der Waals surface area contributed by atoms with Gasteiger partial charge in [-0.3, -0.25) is 4.79 Å². The highest BCUT2D eigenvalue weighted by Crippen LogP contribution is 2.26. The molecule has 2 rings (SSSR count). The van der Waals surface area contributed by atoms with E-state index >= 15 is 0 Å². The first kappa shape index (κ1) is 6.20. The summed E-state index contributed by atoms with van der Waals surface area (Å²) in [5.74, 6) is 0.397. The van der Waals surface area contributed by atoms with Crippen LogP contribution in [-0.2, 0) is 4.79 Å². The number of hydrogen-bond donors (Lipinski definition) is 0. The fourth-order valence-corrected chi connectivity index (χ4v) is 2.10. The Balaban J connectivity index is 2.10. The molecule has 2 heteroatoms. The van der Waals surface area contributed by atoms with Crippen molar-refractivity contribution in [2.45, 2.75) is 38.1 Å². The third-order valence-electron chi connectivity index (χ3n) is 2.63. The largest absolute Gasteiger partial charge is 0.340 e. The van der Waals surface area contributed by atoms with E-state index in [-0.39, 0.29) is 0 Å². The molecule has 0 spiro atoms. The Morgan fingerprint density at radius 3 is 2.90 bits per heavy atom. The Labute approximate surface area is 61.2 Å². The van der Waals surface area contributed by atoms with Crippen molar-refractivity contribution >= 4 is 5.91 Å². The van der Waals surface area contributed by atoms with Crippen LogP contribution < -0.4 is 0 Å². The lowest BCUT2D eigenvalue weighted by Crippen LogP contribution is -2.38. The molecular weight excluding hydrogens is 126 g/mol. The molecule has 0 radical (unpaired) electrons. The molecule has 0 unspecified atom stereocenters. The van der Waals surface area contributed by atoms with Gasteiger partial charge in [-0.1, -0.05) is 0 Å². The first-order valence-corrected chi connectivity index (χ1v) is 4.17. The number of rotatable bonds is 0. The average molecular weight is 139 g/mol. The molecule has 0 N–H and O–H groups in total. The first-order chi connectivity index (χ1) is 4.88. The number of hydrogen-bond acceptors (Lipinski definition) is 1. The topological polar surface area (TPSA) is 20.3 Å². The zero-order valence-electron chi connectivity index (χ0n) is 6.18. The number of carbonyl (C=O) groups excluding carboxylic acids is 1. The van der Waals surface area contributed by atoms with Gasteiger partial charge in [0.2, 0.25) is 5.91 Å². The molecule has 2 fully saturated rings. The van der Waals surface area contributed by atoms with Crippen LogP contribution in [0.5, 0.6) is 0 Å². The summed E-state index contributed by atoms with van der Waals surface area (Å²) in [5.41, 5.74) is 0. The minimum atomic E-state index is 0.397. The summed E-state index contributed by atoms with van der Waals surface area (Å²) in [6.07, 6.45) is 5.67. The molecule has 2 heterocycles. The van der Waals surface area contributed by atoms with Gasteiger partial charge in [0, 0.05) is 19.0 Å². The minimum absolute atomic E-state index is 0.397. The zero-order chi connectivity index (χ0) is 6.97. The quantitative estimate of drug-likeness (QED) is 0.493. The molecule has 2 aliphatic rings. The molecule has 56 valence electrons. The van der Waals surface area contributed by atoms with Crippen LogP contribution in [0.3, 0.4) is 0 Å². The summed E-state index contributed by atoms with van der Waals surface area (Å²) in [5, 5.41) is 0. The van der Waals surface area contributed by atoms with Crippen molar-refractivity contribution in [3.8, 4) is 0 Å². The van der Waals surface area contributed by atoms with E-state index in [1.807, 2.05) is 0 Å². The minimum Gasteiger partial charge on any atom is -0.340 e. The van der Waals surface area contributed by atoms with E-state index in [0.29, 0.717) is 11.9 Å². The fourth-order valence-electron chi connectivity index (χ4n) is 2.10. The van der Waals surface area contributed by atoms with E-state index in [1.165, 1.54) is 19.3 Å². The van der Waals surface area contributed by atoms with E-state index in [1.54, 1.807) is 0 Å². The van der Waals surface area contributed by atoms with Crippen LogP contribution in [0.4, 0.5) is 0 Å². The molecule has 0 aliphatic carbocycles. The normalized spacial score (nSPS) is 32.6. The Morgan fingerprint density at radius 2 is 2.10 bits per heavy atom. The molecule has 0 aromatic rings. The summed E-state index contributed by atoms with van der Waals surface area (Å²) in [6.45, 7) is 1.03. The van der Waals surface area contributed by atoms with E-state index < -0.39 is 0 Å². The van der Waals surface area contributed by atoms with E-state index in [2.05, 4.69) is 4.90 Å². The lowest BCUT2D eigenvalue weighted by molar-refractivity contribution is -0.134. The van der Waals surface area contributed by atoms with Crippen molar-refractivity contribution in [2.24, 2.45) is 0 Å². The van der Waals surface area contributed by atoms with Gasteiger partial charge in [-0.15, -0.1) is 0 Å². The smallest absolute Gasteiger partial charge is 0.222 e. The Morgan fingerprint density at radius 1 is 1.30 bits per heavy atom. The summed E-state index contributed by atoms with van der Waals surface area (Å²) in [7, 11) is 0. The number of nitrogens with zero attached hydrogens (tertiary/aromatic N) is 1. The predicted molar refractivity (Wildman–Crippen MR) is 38.6 cm³/mol.